The molecule has 0 aliphatic heterocycles. The summed E-state index contributed by atoms with van der Waals surface area (Å²) in [5.41, 5.74) is 1.36. The molecule has 0 aliphatic rings. The zero-order valence-electron chi connectivity index (χ0n) is 14.4. The van der Waals surface area contributed by atoms with E-state index in [1.807, 2.05) is 6.92 Å². The molecule has 0 amide bonds. The van der Waals surface area contributed by atoms with Gasteiger partial charge in [0, 0.05) is 6.07 Å². The van der Waals surface area contributed by atoms with Crippen molar-refractivity contribution in [3.05, 3.63) is 48.3 Å². The number of methoxy groups -OCH3 is 1. The van der Waals surface area contributed by atoms with Crippen molar-refractivity contribution in [2.45, 2.75) is 13.3 Å². The monoisotopic (exact) mass is 354 g/mol. The van der Waals surface area contributed by atoms with Crippen LogP contribution in [0.3, 0.4) is 0 Å². The van der Waals surface area contributed by atoms with Gasteiger partial charge in [-0.25, -0.2) is 9.97 Å². The van der Waals surface area contributed by atoms with Crippen molar-refractivity contribution in [3.8, 4) is 23.1 Å². The summed E-state index contributed by atoms with van der Waals surface area (Å²) >= 11 is 0. The highest BCUT2D eigenvalue weighted by molar-refractivity contribution is 5.87. The first-order chi connectivity index (χ1) is 12.6. The Hall–Kier alpha value is -3.35. The number of ether oxygens (including phenoxy) is 3. The summed E-state index contributed by atoms with van der Waals surface area (Å²) < 4.78 is 16.8. The molecule has 0 fully saturated rings. The summed E-state index contributed by atoms with van der Waals surface area (Å²) in [7, 11) is 1.56. The summed E-state index contributed by atoms with van der Waals surface area (Å²) in [4.78, 5) is 19.2. The summed E-state index contributed by atoms with van der Waals surface area (Å²) in [5, 5.41) is 9.51. The molecular formula is C19H18N2O5. The van der Waals surface area contributed by atoms with Crippen LogP contribution in [0.25, 0.3) is 10.9 Å². The molecule has 134 valence electrons. The molecule has 0 saturated carbocycles. The Morgan fingerprint density at radius 2 is 1.88 bits per heavy atom. The first-order valence-corrected chi connectivity index (χ1v) is 8.05. The van der Waals surface area contributed by atoms with Crippen LogP contribution in [0.4, 0.5) is 0 Å². The van der Waals surface area contributed by atoms with Gasteiger partial charge in [0.25, 0.3) is 0 Å². The smallest absolute Gasteiger partial charge is 0.307 e. The van der Waals surface area contributed by atoms with Crippen molar-refractivity contribution >= 4 is 16.9 Å². The molecule has 7 heteroatoms. The second-order valence-electron chi connectivity index (χ2n) is 5.45. The number of carboxylic acid groups (broad SMARTS) is 1. The molecule has 7 nitrogen and oxygen atoms in total. The van der Waals surface area contributed by atoms with E-state index in [0.717, 1.165) is 0 Å². The number of benzene rings is 2. The second kappa shape index (κ2) is 7.69. The second-order valence-corrected chi connectivity index (χ2v) is 5.45. The van der Waals surface area contributed by atoms with Gasteiger partial charge in [-0.05, 0) is 30.7 Å². The summed E-state index contributed by atoms with van der Waals surface area (Å²) in [5.74, 6) is 1.22. The minimum absolute atomic E-state index is 0.0336. The van der Waals surface area contributed by atoms with Crippen LogP contribution in [0.2, 0.25) is 0 Å². The molecule has 0 unspecified atom stereocenters. The van der Waals surface area contributed by atoms with E-state index in [1.54, 1.807) is 43.5 Å². The quantitative estimate of drug-likeness (QED) is 0.695. The summed E-state index contributed by atoms with van der Waals surface area (Å²) in [6, 6.07) is 10.4. The Balaban J connectivity index is 1.93. The molecule has 3 rings (SSSR count). The van der Waals surface area contributed by atoms with Crippen LogP contribution in [0.5, 0.6) is 23.1 Å². The Morgan fingerprint density at radius 1 is 1.12 bits per heavy atom. The van der Waals surface area contributed by atoms with Crippen LogP contribution in [0, 0.1) is 0 Å². The molecule has 2 aromatic carbocycles. The van der Waals surface area contributed by atoms with E-state index < -0.39 is 5.97 Å². The third kappa shape index (κ3) is 3.83. The molecule has 0 bridgehead atoms. The minimum Gasteiger partial charge on any atom is -0.493 e. The predicted octanol–water partition coefficient (Wildman–Crippen LogP) is 3.46. The Bertz CT molecular complexity index is 925. The van der Waals surface area contributed by atoms with Crippen molar-refractivity contribution in [1.82, 2.24) is 9.97 Å². The van der Waals surface area contributed by atoms with Crippen LogP contribution < -0.4 is 14.2 Å². The maximum absolute atomic E-state index is 10.8. The van der Waals surface area contributed by atoms with Crippen molar-refractivity contribution in [2.24, 2.45) is 0 Å². The highest BCUT2D eigenvalue weighted by atomic mass is 16.5. The maximum Gasteiger partial charge on any atom is 0.307 e. The van der Waals surface area contributed by atoms with E-state index in [2.05, 4.69) is 9.97 Å². The van der Waals surface area contributed by atoms with E-state index in [4.69, 9.17) is 19.3 Å². The standard InChI is InChI=1S/C19H18N2O5/c1-3-25-17-10-15-14(9-16(17)24-2)19(21-11-20-15)26-13-6-4-12(5-7-13)8-18(22)23/h4-7,9-11H,3,8H2,1-2H3,(H,22,23). The van der Waals surface area contributed by atoms with Crippen molar-refractivity contribution in [3.63, 3.8) is 0 Å². The number of hydrogen-bond donors (Lipinski definition) is 1. The molecule has 1 heterocycles. The number of fused-ring (bicyclic) bond motifs is 1. The number of rotatable bonds is 7. The molecule has 3 aromatic rings. The molecular weight excluding hydrogens is 336 g/mol. The van der Waals surface area contributed by atoms with Gasteiger partial charge in [0.2, 0.25) is 5.88 Å². The predicted molar refractivity (Wildman–Crippen MR) is 95.1 cm³/mol. The van der Waals surface area contributed by atoms with Gasteiger partial charge < -0.3 is 19.3 Å². The molecule has 26 heavy (non-hydrogen) atoms. The third-order valence-corrected chi connectivity index (χ3v) is 3.68. The van der Waals surface area contributed by atoms with Gasteiger partial charge >= 0.3 is 5.97 Å². The van der Waals surface area contributed by atoms with E-state index in [1.165, 1.54) is 6.33 Å². The highest BCUT2D eigenvalue weighted by Crippen LogP contribution is 2.35. The van der Waals surface area contributed by atoms with Gasteiger partial charge in [-0.15, -0.1) is 0 Å². The van der Waals surface area contributed by atoms with Gasteiger partial charge in [-0.2, -0.15) is 0 Å². The maximum atomic E-state index is 10.8. The number of aliphatic carboxylic acids is 1. The average molecular weight is 354 g/mol. The fraction of sp³-hybridized carbons (Fsp3) is 0.211. The molecule has 0 spiro atoms. The normalized spacial score (nSPS) is 10.5. The fourth-order valence-corrected chi connectivity index (χ4v) is 2.51. The first-order valence-electron chi connectivity index (χ1n) is 8.05. The summed E-state index contributed by atoms with van der Waals surface area (Å²) in [6.45, 7) is 2.41. The number of nitrogens with zero attached hydrogens (tertiary/aromatic N) is 2. The largest absolute Gasteiger partial charge is 0.493 e. The number of carboxylic acids is 1. The first kappa shape index (κ1) is 17.5. The van der Waals surface area contributed by atoms with E-state index >= 15 is 0 Å². The zero-order chi connectivity index (χ0) is 18.5. The molecule has 0 radical (unpaired) electrons. The Kier molecular flexibility index (Phi) is 5.17. The zero-order valence-corrected chi connectivity index (χ0v) is 14.4. The fourth-order valence-electron chi connectivity index (χ4n) is 2.51. The Labute approximate surface area is 150 Å². The lowest BCUT2D eigenvalue weighted by atomic mass is 10.1. The lowest BCUT2D eigenvalue weighted by Crippen LogP contribution is -2.00. The van der Waals surface area contributed by atoms with E-state index in [9.17, 15) is 4.79 Å². The van der Waals surface area contributed by atoms with E-state index in [0.29, 0.717) is 46.2 Å². The van der Waals surface area contributed by atoms with Crippen LogP contribution in [-0.2, 0) is 11.2 Å². The number of aromatic nitrogens is 2. The van der Waals surface area contributed by atoms with Gasteiger partial charge in [0.1, 0.15) is 12.1 Å². The van der Waals surface area contributed by atoms with Gasteiger partial charge in [-0.3, -0.25) is 4.79 Å². The van der Waals surface area contributed by atoms with Crippen molar-refractivity contribution in [2.75, 3.05) is 13.7 Å². The molecule has 1 aromatic heterocycles. The minimum atomic E-state index is -0.877. The van der Waals surface area contributed by atoms with E-state index in [-0.39, 0.29) is 6.42 Å². The molecule has 1 N–H and O–H groups in total. The van der Waals surface area contributed by atoms with Crippen LogP contribution in [0.1, 0.15) is 12.5 Å². The van der Waals surface area contributed by atoms with Gasteiger partial charge in [0.05, 0.1) is 31.0 Å². The molecule has 0 aliphatic carbocycles. The lowest BCUT2D eigenvalue weighted by molar-refractivity contribution is -0.136. The highest BCUT2D eigenvalue weighted by Gasteiger charge is 2.13. The van der Waals surface area contributed by atoms with Crippen LogP contribution in [0.15, 0.2) is 42.7 Å². The third-order valence-electron chi connectivity index (χ3n) is 3.68. The SMILES string of the molecule is CCOc1cc2ncnc(Oc3ccc(CC(=O)O)cc3)c2cc1OC. The van der Waals surface area contributed by atoms with Crippen molar-refractivity contribution in [1.29, 1.82) is 0 Å². The average Bonchev–Trinajstić information content (AvgIpc) is 2.63. The van der Waals surface area contributed by atoms with Crippen molar-refractivity contribution < 1.29 is 24.1 Å². The topological polar surface area (TPSA) is 90.8 Å². The summed E-state index contributed by atoms with van der Waals surface area (Å²) in [6.07, 6.45) is 1.38. The number of carbonyl (C=O) groups is 1. The lowest BCUT2D eigenvalue weighted by Gasteiger charge is -2.12. The molecule has 0 saturated heterocycles. The molecule has 0 atom stereocenters. The van der Waals surface area contributed by atoms with Gasteiger partial charge in [0.15, 0.2) is 11.5 Å². The Morgan fingerprint density at radius 3 is 2.54 bits per heavy atom. The van der Waals surface area contributed by atoms with Gasteiger partial charge in [-0.1, -0.05) is 12.1 Å². The number of hydrogen-bond acceptors (Lipinski definition) is 6. The van der Waals surface area contributed by atoms with Crippen LogP contribution >= 0.6 is 0 Å². The van der Waals surface area contributed by atoms with Crippen LogP contribution in [-0.4, -0.2) is 34.8 Å².